The summed E-state index contributed by atoms with van der Waals surface area (Å²) in [5.74, 6) is 0.0803. The zero-order valence-corrected chi connectivity index (χ0v) is 12.4. The Kier molecular flexibility index (Phi) is 3.96. The Hall–Kier alpha value is -2.90. The number of methoxy groups -OCH3 is 1. The third-order valence-corrected chi connectivity index (χ3v) is 3.43. The van der Waals surface area contributed by atoms with Crippen LogP contribution in [0, 0.1) is 5.92 Å². The van der Waals surface area contributed by atoms with E-state index in [-0.39, 0.29) is 18.4 Å². The van der Waals surface area contributed by atoms with Crippen LogP contribution in [0.4, 0.5) is 4.79 Å². The average Bonchev–Trinajstić information content (AvgIpc) is 3.32. The van der Waals surface area contributed by atoms with E-state index in [9.17, 15) is 14.4 Å². The number of hydrogen-bond acceptors (Lipinski definition) is 6. The van der Waals surface area contributed by atoms with Gasteiger partial charge in [-0.05, 0) is 36.6 Å². The van der Waals surface area contributed by atoms with Crippen molar-refractivity contribution in [3.63, 3.8) is 0 Å². The van der Waals surface area contributed by atoms with Crippen LogP contribution in [0.25, 0.3) is 0 Å². The maximum absolute atomic E-state index is 11.7. The van der Waals surface area contributed by atoms with Crippen molar-refractivity contribution >= 4 is 24.1 Å². The van der Waals surface area contributed by atoms with Crippen LogP contribution >= 0.6 is 0 Å². The highest BCUT2D eigenvalue weighted by molar-refractivity contribution is 6.02. The number of carbonyl (C=O) groups is 3. The number of benzene rings is 1. The monoisotopic (exact) mass is 317 g/mol. The van der Waals surface area contributed by atoms with Gasteiger partial charge in [0.25, 0.3) is 0 Å². The lowest BCUT2D eigenvalue weighted by molar-refractivity contribution is -0.135. The molecular formula is C15H15N3O5. The number of hydrogen-bond donors (Lipinski definition) is 1. The van der Waals surface area contributed by atoms with Crippen molar-refractivity contribution in [1.82, 2.24) is 10.3 Å². The summed E-state index contributed by atoms with van der Waals surface area (Å²) in [4.78, 5) is 34.1. The van der Waals surface area contributed by atoms with Gasteiger partial charge in [0.1, 0.15) is 6.54 Å². The van der Waals surface area contributed by atoms with Crippen LogP contribution in [-0.2, 0) is 9.59 Å². The molecule has 1 aliphatic carbocycles. The number of esters is 1. The van der Waals surface area contributed by atoms with E-state index in [1.165, 1.54) is 13.3 Å². The fourth-order valence-electron chi connectivity index (χ4n) is 2.02. The summed E-state index contributed by atoms with van der Waals surface area (Å²) in [5.41, 5.74) is 0.639. The number of ether oxygens (including phenoxy) is 2. The number of rotatable bonds is 5. The van der Waals surface area contributed by atoms with Gasteiger partial charge in [0.05, 0.1) is 19.2 Å². The van der Waals surface area contributed by atoms with Gasteiger partial charge in [0, 0.05) is 0 Å². The van der Waals surface area contributed by atoms with Gasteiger partial charge >= 0.3 is 12.0 Å². The third-order valence-electron chi connectivity index (χ3n) is 3.43. The zero-order chi connectivity index (χ0) is 16.4. The lowest BCUT2D eigenvalue weighted by Crippen LogP contribution is -2.24. The molecule has 120 valence electrons. The molecule has 2 fully saturated rings. The first-order chi connectivity index (χ1) is 11.1. The Balaban J connectivity index is 1.72. The fraction of sp³-hybridized carbons (Fsp3) is 0.333. The molecule has 0 radical (unpaired) electrons. The quantitative estimate of drug-likeness (QED) is 0.376. The normalized spacial score (nSPS) is 17.5. The summed E-state index contributed by atoms with van der Waals surface area (Å²) < 4.78 is 10.5. The maximum atomic E-state index is 11.7. The van der Waals surface area contributed by atoms with Gasteiger partial charge in [-0.25, -0.2) is 9.80 Å². The van der Waals surface area contributed by atoms with E-state index in [0.29, 0.717) is 17.1 Å². The average molecular weight is 317 g/mol. The molecule has 1 saturated heterocycles. The van der Waals surface area contributed by atoms with Crippen LogP contribution < -0.4 is 14.8 Å². The van der Waals surface area contributed by atoms with Crippen LogP contribution in [0.15, 0.2) is 23.3 Å². The lowest BCUT2D eigenvalue weighted by Gasteiger charge is -2.10. The van der Waals surface area contributed by atoms with Crippen molar-refractivity contribution in [3.05, 3.63) is 23.8 Å². The topological polar surface area (TPSA) is 97.3 Å². The summed E-state index contributed by atoms with van der Waals surface area (Å²) in [6.45, 7) is -0.108. The van der Waals surface area contributed by atoms with Gasteiger partial charge in [0.2, 0.25) is 5.91 Å². The van der Waals surface area contributed by atoms with Crippen LogP contribution in [0.2, 0.25) is 0 Å². The van der Waals surface area contributed by atoms with E-state index in [1.54, 1.807) is 18.2 Å². The summed E-state index contributed by atoms with van der Waals surface area (Å²) in [6.07, 6.45) is 3.15. The van der Waals surface area contributed by atoms with E-state index < -0.39 is 11.9 Å². The molecule has 0 atom stereocenters. The highest BCUT2D eigenvalue weighted by atomic mass is 16.6. The summed E-state index contributed by atoms with van der Waals surface area (Å²) >= 11 is 0. The second kappa shape index (κ2) is 6.07. The molecule has 0 unspecified atom stereocenters. The Bertz CT molecular complexity index is 696. The number of urea groups is 1. The fourth-order valence-corrected chi connectivity index (χ4v) is 2.02. The maximum Gasteiger partial charge on any atom is 0.344 e. The van der Waals surface area contributed by atoms with Crippen LogP contribution in [-0.4, -0.2) is 42.8 Å². The number of imide groups is 1. The minimum absolute atomic E-state index is 0.00726. The molecule has 1 aliphatic heterocycles. The van der Waals surface area contributed by atoms with E-state index in [4.69, 9.17) is 9.47 Å². The number of nitrogens with one attached hydrogen (secondary N) is 1. The van der Waals surface area contributed by atoms with Crippen molar-refractivity contribution in [2.75, 3.05) is 13.7 Å². The predicted octanol–water partition coefficient (Wildman–Crippen LogP) is 0.896. The van der Waals surface area contributed by atoms with Crippen LogP contribution in [0.1, 0.15) is 18.4 Å². The van der Waals surface area contributed by atoms with Gasteiger partial charge in [-0.2, -0.15) is 5.10 Å². The minimum atomic E-state index is -0.562. The Morgan fingerprint density at radius 3 is 2.74 bits per heavy atom. The molecule has 23 heavy (non-hydrogen) atoms. The second-order valence-corrected chi connectivity index (χ2v) is 5.26. The Morgan fingerprint density at radius 1 is 1.35 bits per heavy atom. The molecule has 8 nitrogen and oxygen atoms in total. The molecule has 0 spiro atoms. The number of nitrogens with zero attached hydrogens (tertiary/aromatic N) is 2. The highest BCUT2D eigenvalue weighted by Gasteiger charge is 2.32. The largest absolute Gasteiger partial charge is 0.493 e. The van der Waals surface area contributed by atoms with E-state index in [0.717, 1.165) is 17.9 Å². The molecule has 1 aromatic rings. The van der Waals surface area contributed by atoms with E-state index in [1.807, 2.05) is 0 Å². The molecule has 3 rings (SSSR count). The predicted molar refractivity (Wildman–Crippen MR) is 79.2 cm³/mol. The van der Waals surface area contributed by atoms with Crippen molar-refractivity contribution in [3.8, 4) is 11.5 Å². The lowest BCUT2D eigenvalue weighted by atomic mass is 10.2. The van der Waals surface area contributed by atoms with Crippen molar-refractivity contribution in [2.24, 2.45) is 11.0 Å². The molecule has 1 heterocycles. The van der Waals surface area contributed by atoms with Crippen LogP contribution in [0.5, 0.6) is 11.5 Å². The second-order valence-electron chi connectivity index (χ2n) is 5.26. The molecule has 3 amide bonds. The number of hydrazone groups is 1. The van der Waals surface area contributed by atoms with Crippen LogP contribution in [0.3, 0.4) is 0 Å². The summed E-state index contributed by atoms with van der Waals surface area (Å²) in [5, 5.41) is 7.09. The molecule has 1 aromatic carbocycles. The third kappa shape index (κ3) is 3.47. The first-order valence-electron chi connectivity index (χ1n) is 7.12. The molecule has 1 saturated carbocycles. The summed E-state index contributed by atoms with van der Waals surface area (Å²) in [7, 11) is 1.47. The van der Waals surface area contributed by atoms with Crippen molar-refractivity contribution in [2.45, 2.75) is 12.8 Å². The molecule has 8 heteroatoms. The molecular weight excluding hydrogens is 302 g/mol. The molecule has 2 aliphatic rings. The van der Waals surface area contributed by atoms with Gasteiger partial charge < -0.3 is 9.47 Å². The minimum Gasteiger partial charge on any atom is -0.493 e. The van der Waals surface area contributed by atoms with Crippen molar-refractivity contribution < 1.29 is 23.9 Å². The standard InChI is InChI=1S/C15H15N3O5/c1-22-12-6-9(7-16-18-8-13(19)17-15(18)21)2-5-11(12)23-14(20)10-3-4-10/h2,5-7,10H,3-4,8H2,1H3,(H,17,19,21)/b16-7-. The van der Waals surface area contributed by atoms with E-state index >= 15 is 0 Å². The first kappa shape index (κ1) is 15.0. The van der Waals surface area contributed by atoms with Crippen molar-refractivity contribution in [1.29, 1.82) is 0 Å². The first-order valence-corrected chi connectivity index (χ1v) is 7.12. The Labute approximate surface area is 132 Å². The zero-order valence-electron chi connectivity index (χ0n) is 12.4. The number of carbonyl (C=O) groups excluding carboxylic acids is 3. The van der Waals surface area contributed by atoms with Gasteiger partial charge in [0.15, 0.2) is 11.5 Å². The van der Waals surface area contributed by atoms with Gasteiger partial charge in [-0.1, -0.05) is 0 Å². The highest BCUT2D eigenvalue weighted by Crippen LogP contribution is 2.34. The molecule has 0 bridgehead atoms. The molecule has 1 N–H and O–H groups in total. The smallest absolute Gasteiger partial charge is 0.344 e. The van der Waals surface area contributed by atoms with Gasteiger partial charge in [-0.3, -0.25) is 14.9 Å². The number of amides is 3. The molecule has 0 aromatic heterocycles. The summed E-state index contributed by atoms with van der Waals surface area (Å²) in [6, 6.07) is 4.36. The van der Waals surface area contributed by atoms with Gasteiger partial charge in [-0.15, -0.1) is 0 Å². The van der Waals surface area contributed by atoms with E-state index in [2.05, 4.69) is 10.4 Å². The SMILES string of the molecule is COc1cc(/C=N\N2CC(=O)NC2=O)ccc1OC(=O)C1CC1. The Morgan fingerprint density at radius 2 is 2.13 bits per heavy atom.